The summed E-state index contributed by atoms with van der Waals surface area (Å²) in [5.41, 5.74) is 1.23. The summed E-state index contributed by atoms with van der Waals surface area (Å²) in [6, 6.07) is 21.2. The molecule has 0 saturated heterocycles. The third kappa shape index (κ3) is 4.60. The molecular weight excluding hydrogens is 310 g/mol. The number of aromatic hydroxyl groups is 1. The van der Waals surface area contributed by atoms with Crippen LogP contribution in [0.5, 0.6) is 5.75 Å². The molecule has 0 atom stereocenters. The molecule has 3 aromatic rings. The van der Waals surface area contributed by atoms with E-state index in [1.54, 1.807) is 12.1 Å². The number of nitrogens with zero attached hydrogens (tertiary/aromatic N) is 1. The standard InChI is InChI=1S/C11H8NO3.C5H5.Fe/c13-11-6-5-9(12(14)15)7-10(11)8-3-1-2-4-8;1-2-4-5-3-1;/h1-7,13H;1-5H;/q-1;-5;. The largest absolute Gasteiger partial charge is 0.748 e. The molecule has 5 heteroatoms. The van der Waals surface area contributed by atoms with Crippen LogP contribution < -0.4 is 0 Å². The van der Waals surface area contributed by atoms with E-state index < -0.39 is 4.92 Å². The van der Waals surface area contributed by atoms with E-state index in [0.29, 0.717) is 5.56 Å². The molecule has 0 radical (unpaired) electrons. The van der Waals surface area contributed by atoms with Crippen LogP contribution in [-0.2, 0) is 17.1 Å². The molecule has 0 aliphatic carbocycles. The first-order valence-corrected chi connectivity index (χ1v) is 6.04. The Hall–Kier alpha value is -2.36. The second-order valence-electron chi connectivity index (χ2n) is 4.09. The second kappa shape index (κ2) is 8.04. The molecule has 4 nitrogen and oxygen atoms in total. The number of hydrogen-bond acceptors (Lipinski definition) is 3. The first kappa shape index (κ1) is 16.7. The molecule has 0 unspecified atom stereocenters. The summed E-state index contributed by atoms with van der Waals surface area (Å²) in [4.78, 5) is 10.1. The molecule has 0 heterocycles. The molecule has 0 saturated carbocycles. The maximum atomic E-state index is 10.6. The van der Waals surface area contributed by atoms with Gasteiger partial charge in [-0.25, -0.2) is 0 Å². The summed E-state index contributed by atoms with van der Waals surface area (Å²) in [5, 5.41) is 20.1. The van der Waals surface area contributed by atoms with E-state index >= 15 is 0 Å². The predicted molar refractivity (Wildman–Crippen MR) is 77.8 cm³/mol. The molecule has 0 bridgehead atoms. The van der Waals surface area contributed by atoms with Crippen LogP contribution in [0.25, 0.3) is 11.1 Å². The summed E-state index contributed by atoms with van der Waals surface area (Å²) in [5.74, 6) is 0.0480. The number of benzene rings is 1. The monoisotopic (exact) mass is 323 g/mol. The molecule has 0 fully saturated rings. The quantitative estimate of drug-likeness (QED) is 0.334. The van der Waals surface area contributed by atoms with Crippen molar-refractivity contribution in [2.45, 2.75) is 0 Å². The van der Waals surface area contributed by atoms with Crippen molar-refractivity contribution in [2.75, 3.05) is 0 Å². The Labute approximate surface area is 133 Å². The molecule has 0 amide bonds. The topological polar surface area (TPSA) is 63.4 Å². The third-order valence-electron chi connectivity index (χ3n) is 2.72. The average molecular weight is 323 g/mol. The number of phenols is 1. The normalized spacial score (nSPS) is 9.14. The molecule has 21 heavy (non-hydrogen) atoms. The molecule has 0 spiro atoms. The molecule has 1 N–H and O–H groups in total. The van der Waals surface area contributed by atoms with E-state index in [2.05, 4.69) is 0 Å². The van der Waals surface area contributed by atoms with Crippen molar-refractivity contribution < 1.29 is 27.1 Å². The summed E-state index contributed by atoms with van der Waals surface area (Å²) in [6.45, 7) is 0. The van der Waals surface area contributed by atoms with E-state index in [-0.39, 0.29) is 28.5 Å². The molecule has 0 aliphatic rings. The van der Waals surface area contributed by atoms with Crippen molar-refractivity contribution in [3.05, 3.63) is 82.9 Å². The van der Waals surface area contributed by atoms with E-state index in [1.165, 1.54) is 18.2 Å². The zero-order valence-electron chi connectivity index (χ0n) is 11.0. The van der Waals surface area contributed by atoms with Crippen LogP contribution in [0.15, 0.2) is 72.8 Å². The van der Waals surface area contributed by atoms with Crippen LogP contribution >= 0.6 is 0 Å². The van der Waals surface area contributed by atoms with E-state index in [4.69, 9.17) is 0 Å². The van der Waals surface area contributed by atoms with Crippen molar-refractivity contribution >= 4 is 5.69 Å². The van der Waals surface area contributed by atoms with Gasteiger partial charge in [-0.05, 0) is 12.1 Å². The van der Waals surface area contributed by atoms with Gasteiger partial charge in [0.15, 0.2) is 0 Å². The summed E-state index contributed by atoms with van der Waals surface area (Å²) < 4.78 is 0. The van der Waals surface area contributed by atoms with Crippen molar-refractivity contribution in [3.63, 3.8) is 0 Å². The van der Waals surface area contributed by atoms with Crippen LogP contribution in [0.1, 0.15) is 0 Å². The fraction of sp³-hybridized carbons (Fsp3) is 0. The number of nitro benzene ring substituents is 1. The zero-order valence-corrected chi connectivity index (χ0v) is 12.1. The first-order chi connectivity index (χ1) is 9.68. The second-order valence-corrected chi connectivity index (χ2v) is 4.09. The summed E-state index contributed by atoms with van der Waals surface area (Å²) in [6.07, 6.45) is 0. The minimum absolute atomic E-state index is 0. The van der Waals surface area contributed by atoms with Gasteiger partial charge in [0.05, 0.1) is 10.7 Å². The molecule has 0 aliphatic heterocycles. The SMILES string of the molecule is O=[N+]([O-])c1ccc(O)c(-[c-]2cccc2)c1.[Fe].[cH-]1[cH-][cH-][cH-][cH-]1. The van der Waals surface area contributed by atoms with Gasteiger partial charge >= 0.3 is 0 Å². The third-order valence-corrected chi connectivity index (χ3v) is 2.72. The Morgan fingerprint density at radius 2 is 1.57 bits per heavy atom. The van der Waals surface area contributed by atoms with Gasteiger partial charge in [0.25, 0.3) is 0 Å². The molecule has 114 valence electrons. The van der Waals surface area contributed by atoms with Crippen molar-refractivity contribution in [1.29, 1.82) is 0 Å². The van der Waals surface area contributed by atoms with E-state index in [9.17, 15) is 15.2 Å². The van der Waals surface area contributed by atoms with Gasteiger partial charge in [0, 0.05) is 23.1 Å². The van der Waals surface area contributed by atoms with Gasteiger partial charge in [-0.15, -0.1) is 12.1 Å². The number of rotatable bonds is 2. The van der Waals surface area contributed by atoms with Crippen LogP contribution in [0.2, 0.25) is 0 Å². The van der Waals surface area contributed by atoms with Gasteiger partial charge in [0.2, 0.25) is 5.69 Å². The fourth-order valence-electron chi connectivity index (χ4n) is 1.74. The Morgan fingerprint density at radius 1 is 1.05 bits per heavy atom. The van der Waals surface area contributed by atoms with Crippen LogP contribution in [0.4, 0.5) is 5.69 Å². The van der Waals surface area contributed by atoms with E-state index in [1.807, 2.05) is 42.5 Å². The first-order valence-electron chi connectivity index (χ1n) is 6.04. The summed E-state index contributed by atoms with van der Waals surface area (Å²) >= 11 is 0. The van der Waals surface area contributed by atoms with Gasteiger partial charge in [-0.2, -0.15) is 12.1 Å². The fourth-order valence-corrected chi connectivity index (χ4v) is 1.74. The van der Waals surface area contributed by atoms with Crippen molar-refractivity contribution in [2.24, 2.45) is 0 Å². The van der Waals surface area contributed by atoms with Crippen molar-refractivity contribution in [1.82, 2.24) is 0 Å². The maximum absolute atomic E-state index is 10.6. The Morgan fingerprint density at radius 3 is 2.05 bits per heavy atom. The molecule has 0 aromatic heterocycles. The van der Waals surface area contributed by atoms with Gasteiger partial charge in [0.1, 0.15) is 0 Å². The molecule has 3 aromatic carbocycles. The number of hydrogen-bond donors (Lipinski definition) is 1. The van der Waals surface area contributed by atoms with Crippen LogP contribution in [0.3, 0.4) is 0 Å². The molecule has 3 rings (SSSR count). The smallest absolute Gasteiger partial charge is 0.238 e. The van der Waals surface area contributed by atoms with Gasteiger partial charge < -0.3 is 35.4 Å². The molecular formula is C16H13FeNO3-6. The van der Waals surface area contributed by atoms with E-state index in [0.717, 1.165) is 5.56 Å². The summed E-state index contributed by atoms with van der Waals surface area (Å²) in [7, 11) is 0. The van der Waals surface area contributed by atoms with Gasteiger partial charge in [-0.3, -0.25) is 10.1 Å². The number of phenolic OH excluding ortho intramolecular Hbond substituents is 1. The minimum Gasteiger partial charge on any atom is -0.748 e. The Kier molecular flexibility index (Phi) is 6.39. The average Bonchev–Trinajstić information content (AvgIpc) is 3.15. The van der Waals surface area contributed by atoms with Gasteiger partial charge in [-0.1, -0.05) is 11.1 Å². The maximum Gasteiger partial charge on any atom is 0.238 e. The number of nitro groups is 1. The predicted octanol–water partition coefficient (Wildman–Crippen LogP) is 4.09. The zero-order chi connectivity index (χ0) is 14.4. The Bertz CT molecular complexity index is 644. The number of non-ortho nitro benzene ring substituents is 1. The van der Waals surface area contributed by atoms with Crippen LogP contribution in [0, 0.1) is 10.1 Å². The minimum atomic E-state index is -0.480. The van der Waals surface area contributed by atoms with Crippen LogP contribution in [-0.4, -0.2) is 10.0 Å². The van der Waals surface area contributed by atoms with Crippen molar-refractivity contribution in [3.8, 4) is 16.9 Å². The Balaban J connectivity index is 0.000000313.